The Kier molecular flexibility index (Phi) is 5.78. The number of carbonyl (C=O) groups is 1. The van der Waals surface area contributed by atoms with E-state index >= 15 is 0 Å². The van der Waals surface area contributed by atoms with Crippen molar-refractivity contribution in [3.8, 4) is 0 Å². The monoisotopic (exact) mass is 386 g/mol. The van der Waals surface area contributed by atoms with Crippen LogP contribution in [0.3, 0.4) is 0 Å². The van der Waals surface area contributed by atoms with Crippen molar-refractivity contribution < 1.29 is 4.79 Å². The molecule has 4 saturated carbocycles. The molecule has 1 nitrogen and oxygen atoms in total. The molecule has 4 aliphatic carbocycles. The van der Waals surface area contributed by atoms with Crippen molar-refractivity contribution in [1.29, 1.82) is 0 Å². The van der Waals surface area contributed by atoms with Crippen molar-refractivity contribution in [2.75, 3.05) is 0 Å². The molecule has 0 radical (unpaired) electrons. The minimum Gasteiger partial charge on any atom is -0.300 e. The minimum absolute atomic E-state index is 0.471. The summed E-state index contributed by atoms with van der Waals surface area (Å²) in [6.07, 6.45) is 15.9. The van der Waals surface area contributed by atoms with E-state index in [1.807, 2.05) is 0 Å². The molecule has 0 aromatic heterocycles. The molecule has 160 valence electrons. The second-order valence-electron chi connectivity index (χ2n) is 12.4. The SMILES string of the molecule is CC(C)CCC[C@@H](C)[C@H]1CC[C@H]2[C@@H]3CCC4CC(=O)CC[C@]4(C)[C@H]3CC[C@]12C. The molecule has 0 bridgehead atoms. The Labute approximate surface area is 174 Å². The summed E-state index contributed by atoms with van der Waals surface area (Å²) >= 11 is 0. The maximum absolute atomic E-state index is 12.1. The largest absolute Gasteiger partial charge is 0.300 e. The van der Waals surface area contributed by atoms with Crippen molar-refractivity contribution in [3.05, 3.63) is 0 Å². The van der Waals surface area contributed by atoms with Gasteiger partial charge in [-0.3, -0.25) is 4.79 Å². The fourth-order valence-electron chi connectivity index (χ4n) is 9.07. The van der Waals surface area contributed by atoms with Gasteiger partial charge in [0.25, 0.3) is 0 Å². The highest BCUT2D eigenvalue weighted by Gasteiger charge is 2.60. The summed E-state index contributed by atoms with van der Waals surface area (Å²) in [5, 5.41) is 0. The number of fused-ring (bicyclic) bond motifs is 5. The first-order valence-electron chi connectivity index (χ1n) is 12.8. The van der Waals surface area contributed by atoms with E-state index in [2.05, 4.69) is 34.6 Å². The van der Waals surface area contributed by atoms with Crippen LogP contribution in [-0.4, -0.2) is 5.78 Å². The number of ketones is 1. The van der Waals surface area contributed by atoms with E-state index in [1.165, 1.54) is 64.2 Å². The van der Waals surface area contributed by atoms with Crippen molar-refractivity contribution in [2.45, 2.75) is 112 Å². The molecule has 1 unspecified atom stereocenters. The van der Waals surface area contributed by atoms with Gasteiger partial charge in [-0.25, -0.2) is 0 Å². The maximum atomic E-state index is 12.1. The molecule has 4 aliphatic rings. The van der Waals surface area contributed by atoms with E-state index in [9.17, 15) is 4.79 Å². The minimum atomic E-state index is 0.471. The summed E-state index contributed by atoms with van der Waals surface area (Å²) in [6, 6.07) is 0. The van der Waals surface area contributed by atoms with Crippen LogP contribution < -0.4 is 0 Å². The molecule has 0 amide bonds. The molecule has 0 saturated heterocycles. The van der Waals surface area contributed by atoms with E-state index in [-0.39, 0.29) is 0 Å². The third-order valence-electron chi connectivity index (χ3n) is 10.7. The van der Waals surface area contributed by atoms with E-state index < -0.39 is 0 Å². The quantitative estimate of drug-likeness (QED) is 0.473. The Bertz CT molecular complexity index is 579. The molecule has 0 N–H and O–H groups in total. The molecule has 0 spiro atoms. The zero-order valence-corrected chi connectivity index (χ0v) is 19.4. The van der Waals surface area contributed by atoms with Crippen LogP contribution in [0.25, 0.3) is 0 Å². The van der Waals surface area contributed by atoms with Crippen LogP contribution >= 0.6 is 0 Å². The Hall–Kier alpha value is -0.330. The van der Waals surface area contributed by atoms with Crippen LogP contribution in [0.4, 0.5) is 0 Å². The van der Waals surface area contributed by atoms with Gasteiger partial charge in [-0.15, -0.1) is 0 Å². The molecule has 0 aliphatic heterocycles. The number of hydrogen-bond acceptors (Lipinski definition) is 1. The summed E-state index contributed by atoms with van der Waals surface area (Å²) in [4.78, 5) is 12.1. The Morgan fingerprint density at radius 2 is 1.64 bits per heavy atom. The van der Waals surface area contributed by atoms with E-state index in [1.54, 1.807) is 0 Å². The van der Waals surface area contributed by atoms with Gasteiger partial charge >= 0.3 is 0 Å². The second-order valence-corrected chi connectivity index (χ2v) is 12.4. The van der Waals surface area contributed by atoms with Gasteiger partial charge in [0.1, 0.15) is 5.78 Å². The van der Waals surface area contributed by atoms with Crippen LogP contribution in [0.2, 0.25) is 0 Å². The molecule has 8 atom stereocenters. The highest BCUT2D eigenvalue weighted by molar-refractivity contribution is 5.79. The maximum Gasteiger partial charge on any atom is 0.133 e. The normalized spacial score (nSPS) is 46.8. The van der Waals surface area contributed by atoms with Gasteiger partial charge in [0, 0.05) is 12.8 Å². The summed E-state index contributed by atoms with van der Waals surface area (Å²) in [5.74, 6) is 6.82. The van der Waals surface area contributed by atoms with Gasteiger partial charge in [0.15, 0.2) is 0 Å². The molecule has 0 heterocycles. The molecule has 4 rings (SSSR count). The predicted octanol–water partition coefficient (Wildman–Crippen LogP) is 7.68. The predicted molar refractivity (Wildman–Crippen MR) is 118 cm³/mol. The van der Waals surface area contributed by atoms with Crippen molar-refractivity contribution in [3.63, 3.8) is 0 Å². The Balaban J connectivity index is 1.47. The van der Waals surface area contributed by atoms with Crippen molar-refractivity contribution >= 4 is 5.78 Å². The standard InChI is InChI=1S/C27H46O/c1-18(2)7-6-8-19(3)23-11-12-24-22-10-9-20-17-21(28)13-15-26(20,4)25(22)14-16-27(23,24)5/h18-20,22-25H,6-17H2,1-5H3/t19-,20?,22+,23-,24+,25+,26+,27-/m1/s1. The molecule has 0 aromatic rings. The molecular weight excluding hydrogens is 340 g/mol. The highest BCUT2D eigenvalue weighted by Crippen LogP contribution is 2.68. The average Bonchev–Trinajstić information content (AvgIpc) is 2.99. The van der Waals surface area contributed by atoms with Gasteiger partial charge in [0.05, 0.1) is 0 Å². The Morgan fingerprint density at radius 3 is 2.39 bits per heavy atom. The smallest absolute Gasteiger partial charge is 0.133 e. The van der Waals surface area contributed by atoms with Gasteiger partial charge in [-0.1, -0.05) is 53.9 Å². The topological polar surface area (TPSA) is 17.1 Å². The zero-order chi connectivity index (χ0) is 20.1. The van der Waals surface area contributed by atoms with Gasteiger partial charge < -0.3 is 0 Å². The first-order chi connectivity index (χ1) is 13.3. The number of hydrogen-bond donors (Lipinski definition) is 0. The third kappa shape index (κ3) is 3.41. The van der Waals surface area contributed by atoms with Gasteiger partial charge in [-0.05, 0) is 97.2 Å². The third-order valence-corrected chi connectivity index (χ3v) is 10.7. The lowest BCUT2D eigenvalue weighted by Gasteiger charge is -2.60. The van der Waals surface area contributed by atoms with Crippen molar-refractivity contribution in [1.82, 2.24) is 0 Å². The lowest BCUT2D eigenvalue weighted by molar-refractivity contribution is -0.140. The van der Waals surface area contributed by atoms with Gasteiger partial charge in [-0.2, -0.15) is 0 Å². The van der Waals surface area contributed by atoms with Crippen LogP contribution in [0.5, 0.6) is 0 Å². The summed E-state index contributed by atoms with van der Waals surface area (Å²) in [5.41, 5.74) is 1.07. The van der Waals surface area contributed by atoms with E-state index in [0.717, 1.165) is 48.3 Å². The second kappa shape index (κ2) is 7.73. The number of rotatable bonds is 5. The van der Waals surface area contributed by atoms with Crippen LogP contribution in [0.1, 0.15) is 112 Å². The van der Waals surface area contributed by atoms with Crippen LogP contribution in [0.15, 0.2) is 0 Å². The first kappa shape index (κ1) is 20.9. The fraction of sp³-hybridized carbons (Fsp3) is 0.963. The molecular formula is C27H46O. The summed E-state index contributed by atoms with van der Waals surface area (Å²) in [7, 11) is 0. The number of Topliss-reactive ketones (excluding diaryl/α,β-unsaturated/α-hetero) is 1. The molecule has 1 heteroatoms. The fourth-order valence-corrected chi connectivity index (χ4v) is 9.07. The Morgan fingerprint density at radius 1 is 0.893 bits per heavy atom. The zero-order valence-electron chi connectivity index (χ0n) is 19.4. The van der Waals surface area contributed by atoms with Crippen molar-refractivity contribution in [2.24, 2.45) is 52.3 Å². The summed E-state index contributed by atoms with van der Waals surface area (Å²) < 4.78 is 0. The number of carbonyl (C=O) groups excluding carboxylic acids is 1. The van der Waals surface area contributed by atoms with E-state index in [0.29, 0.717) is 22.5 Å². The molecule has 28 heavy (non-hydrogen) atoms. The lowest BCUT2D eigenvalue weighted by Crippen LogP contribution is -2.53. The van der Waals surface area contributed by atoms with Crippen LogP contribution in [0, 0.1) is 52.3 Å². The van der Waals surface area contributed by atoms with Crippen LogP contribution in [-0.2, 0) is 4.79 Å². The van der Waals surface area contributed by atoms with Gasteiger partial charge in [0.2, 0.25) is 0 Å². The average molecular weight is 387 g/mol. The summed E-state index contributed by atoms with van der Waals surface area (Å²) in [6.45, 7) is 12.6. The molecule has 4 fully saturated rings. The molecule has 0 aromatic carbocycles. The first-order valence-corrected chi connectivity index (χ1v) is 12.8. The highest BCUT2D eigenvalue weighted by atomic mass is 16.1. The van der Waals surface area contributed by atoms with E-state index in [4.69, 9.17) is 0 Å². The lowest BCUT2D eigenvalue weighted by atomic mass is 9.44.